The van der Waals surface area contributed by atoms with Crippen LogP contribution in [-0.4, -0.2) is 38.9 Å². The minimum absolute atomic E-state index is 0.169. The molecule has 1 amide bonds. The van der Waals surface area contributed by atoms with Crippen LogP contribution in [0, 0.1) is 0 Å². The lowest BCUT2D eigenvalue weighted by molar-refractivity contribution is 0.0728. The highest BCUT2D eigenvalue weighted by Gasteiger charge is 2.16. The molecule has 1 N–H and O–H groups in total. The van der Waals surface area contributed by atoms with E-state index in [1.807, 2.05) is 0 Å². The summed E-state index contributed by atoms with van der Waals surface area (Å²) >= 11 is 12.0. The number of hydrogen-bond donors (Lipinski definition) is 1. The molecule has 0 heterocycles. The number of benzene rings is 3. The van der Waals surface area contributed by atoms with Crippen molar-refractivity contribution in [3.8, 4) is 23.0 Å². The van der Waals surface area contributed by atoms with Gasteiger partial charge in [-0.3, -0.25) is 4.79 Å². The van der Waals surface area contributed by atoms with Gasteiger partial charge in [0.1, 0.15) is 0 Å². The van der Waals surface area contributed by atoms with E-state index >= 15 is 0 Å². The molecule has 35 heavy (non-hydrogen) atoms. The van der Waals surface area contributed by atoms with Gasteiger partial charge in [-0.25, -0.2) is 10.2 Å². The largest absolute Gasteiger partial charge is 0.493 e. The number of nitrogens with zero attached hydrogens (tertiary/aromatic N) is 1. The number of halogens is 2. The highest BCUT2D eigenvalue weighted by molar-refractivity contribution is 6.36. The summed E-state index contributed by atoms with van der Waals surface area (Å²) < 4.78 is 21.5. The van der Waals surface area contributed by atoms with E-state index in [0.717, 1.165) is 0 Å². The molecule has 10 heteroatoms. The van der Waals surface area contributed by atoms with Crippen LogP contribution in [0.5, 0.6) is 23.0 Å². The molecule has 0 aliphatic rings. The fourth-order valence-corrected chi connectivity index (χ4v) is 3.46. The summed E-state index contributed by atoms with van der Waals surface area (Å²) in [6.07, 6.45) is 1.43. The Kier molecular flexibility index (Phi) is 8.94. The lowest BCUT2D eigenvalue weighted by Gasteiger charge is -2.12. The maximum Gasteiger partial charge on any atom is 0.345 e. The molecular formula is C25H22Cl2N2O6. The summed E-state index contributed by atoms with van der Waals surface area (Å²) in [6, 6.07) is 14.1. The molecule has 8 nitrogen and oxygen atoms in total. The maximum atomic E-state index is 12.6. The number of hydrogen-bond acceptors (Lipinski definition) is 7. The first-order valence-corrected chi connectivity index (χ1v) is 11.1. The Bertz CT molecular complexity index is 1260. The van der Waals surface area contributed by atoms with Crippen molar-refractivity contribution in [3.05, 3.63) is 81.3 Å². The van der Waals surface area contributed by atoms with Crippen LogP contribution in [0.2, 0.25) is 10.0 Å². The standard InChI is InChI=1S/C25H22Cl2N2O6/c1-4-34-23-11-15(5-9-21(23)35-25(31)18-8-7-17(26)13-19(18)27)14-28-29-24(30)16-6-10-20(32-2)22(12-16)33-3/h5-14H,4H2,1-3H3,(H,29,30)/b28-14+. The highest BCUT2D eigenvalue weighted by Crippen LogP contribution is 2.30. The molecule has 0 unspecified atom stereocenters. The van der Waals surface area contributed by atoms with Gasteiger partial charge in [-0.2, -0.15) is 5.10 Å². The molecular weight excluding hydrogens is 495 g/mol. The lowest BCUT2D eigenvalue weighted by atomic mass is 10.2. The van der Waals surface area contributed by atoms with Crippen molar-refractivity contribution in [2.24, 2.45) is 5.10 Å². The summed E-state index contributed by atoms with van der Waals surface area (Å²) in [5.74, 6) is 0.370. The third-order valence-corrected chi connectivity index (χ3v) is 5.19. The predicted octanol–water partition coefficient (Wildman–Crippen LogP) is 5.39. The van der Waals surface area contributed by atoms with Crippen molar-refractivity contribution < 1.29 is 28.5 Å². The fraction of sp³-hybridized carbons (Fsp3) is 0.160. The molecule has 0 radical (unpaired) electrons. The summed E-state index contributed by atoms with van der Waals surface area (Å²) in [4.78, 5) is 25.0. The van der Waals surface area contributed by atoms with Gasteiger partial charge in [-0.05, 0) is 67.1 Å². The molecule has 0 saturated carbocycles. The monoisotopic (exact) mass is 516 g/mol. The number of amides is 1. The number of nitrogens with one attached hydrogen (secondary N) is 1. The van der Waals surface area contributed by atoms with Crippen LogP contribution in [-0.2, 0) is 0 Å². The Balaban J connectivity index is 1.72. The van der Waals surface area contributed by atoms with Crippen molar-refractivity contribution in [3.63, 3.8) is 0 Å². The Labute approximate surface area is 212 Å². The highest BCUT2D eigenvalue weighted by atomic mass is 35.5. The van der Waals surface area contributed by atoms with Crippen LogP contribution in [0.15, 0.2) is 59.7 Å². The number of methoxy groups -OCH3 is 2. The number of hydrazone groups is 1. The molecule has 3 aromatic rings. The number of carbonyl (C=O) groups is 2. The van der Waals surface area contributed by atoms with Crippen molar-refractivity contribution >= 4 is 41.3 Å². The minimum atomic E-state index is -0.656. The van der Waals surface area contributed by atoms with E-state index in [1.165, 1.54) is 32.6 Å². The summed E-state index contributed by atoms with van der Waals surface area (Å²) in [6.45, 7) is 2.13. The first-order valence-electron chi connectivity index (χ1n) is 10.4. The van der Waals surface area contributed by atoms with Crippen molar-refractivity contribution in [1.82, 2.24) is 5.43 Å². The normalized spacial score (nSPS) is 10.7. The Morgan fingerprint density at radius 1 is 0.914 bits per heavy atom. The zero-order valence-electron chi connectivity index (χ0n) is 19.1. The SMILES string of the molecule is CCOc1cc(/C=N/NC(=O)c2ccc(OC)c(OC)c2)ccc1OC(=O)c1ccc(Cl)cc1Cl. The van der Waals surface area contributed by atoms with E-state index < -0.39 is 11.9 Å². The Hall–Kier alpha value is -3.75. The van der Waals surface area contributed by atoms with Crippen LogP contribution in [0.1, 0.15) is 33.2 Å². The van der Waals surface area contributed by atoms with E-state index in [4.69, 9.17) is 42.1 Å². The number of rotatable bonds is 9. The van der Waals surface area contributed by atoms with Crippen LogP contribution in [0.3, 0.4) is 0 Å². The van der Waals surface area contributed by atoms with Gasteiger partial charge < -0.3 is 18.9 Å². The molecule has 0 fully saturated rings. The van der Waals surface area contributed by atoms with Crippen molar-refractivity contribution in [1.29, 1.82) is 0 Å². The second-order valence-electron chi connectivity index (χ2n) is 6.92. The average Bonchev–Trinajstić information content (AvgIpc) is 2.85. The van der Waals surface area contributed by atoms with Crippen LogP contribution >= 0.6 is 23.2 Å². The van der Waals surface area contributed by atoms with E-state index in [2.05, 4.69) is 10.5 Å². The van der Waals surface area contributed by atoms with Gasteiger partial charge in [0.15, 0.2) is 23.0 Å². The van der Waals surface area contributed by atoms with Crippen LogP contribution in [0.4, 0.5) is 0 Å². The quantitative estimate of drug-likeness (QED) is 0.177. The number of ether oxygens (including phenoxy) is 4. The Morgan fingerprint density at radius 3 is 2.34 bits per heavy atom. The third kappa shape index (κ3) is 6.65. The molecule has 0 aromatic heterocycles. The molecule has 0 saturated heterocycles. The third-order valence-electron chi connectivity index (χ3n) is 4.65. The number of esters is 1. The zero-order valence-corrected chi connectivity index (χ0v) is 20.6. The Morgan fingerprint density at radius 2 is 1.66 bits per heavy atom. The van der Waals surface area contributed by atoms with Gasteiger partial charge in [-0.15, -0.1) is 0 Å². The van der Waals surface area contributed by atoms with Gasteiger partial charge in [-0.1, -0.05) is 23.2 Å². The molecule has 182 valence electrons. The van der Waals surface area contributed by atoms with Gasteiger partial charge in [0, 0.05) is 10.6 Å². The second-order valence-corrected chi connectivity index (χ2v) is 7.77. The van der Waals surface area contributed by atoms with Crippen molar-refractivity contribution in [2.75, 3.05) is 20.8 Å². The average molecular weight is 517 g/mol. The molecule has 0 atom stereocenters. The molecule has 0 aliphatic heterocycles. The minimum Gasteiger partial charge on any atom is -0.493 e. The molecule has 3 rings (SSSR count). The van der Waals surface area contributed by atoms with Gasteiger partial charge >= 0.3 is 5.97 Å². The zero-order chi connectivity index (χ0) is 25.4. The van der Waals surface area contributed by atoms with Crippen molar-refractivity contribution in [2.45, 2.75) is 6.92 Å². The molecule has 0 aliphatic carbocycles. The van der Waals surface area contributed by atoms with E-state index in [1.54, 1.807) is 49.4 Å². The fourth-order valence-electron chi connectivity index (χ4n) is 2.97. The predicted molar refractivity (Wildman–Crippen MR) is 134 cm³/mol. The molecule has 0 bridgehead atoms. The summed E-state index contributed by atoms with van der Waals surface area (Å²) in [5.41, 5.74) is 3.57. The van der Waals surface area contributed by atoms with Gasteiger partial charge in [0.25, 0.3) is 5.91 Å². The summed E-state index contributed by atoms with van der Waals surface area (Å²) in [5, 5.41) is 4.57. The second kappa shape index (κ2) is 12.1. The smallest absolute Gasteiger partial charge is 0.345 e. The molecule has 0 spiro atoms. The van der Waals surface area contributed by atoms with Crippen LogP contribution in [0.25, 0.3) is 0 Å². The van der Waals surface area contributed by atoms with E-state index in [9.17, 15) is 9.59 Å². The van der Waals surface area contributed by atoms with Gasteiger partial charge in [0.05, 0.1) is 37.6 Å². The van der Waals surface area contributed by atoms with Gasteiger partial charge in [0.2, 0.25) is 0 Å². The van der Waals surface area contributed by atoms with Crippen LogP contribution < -0.4 is 24.4 Å². The first kappa shape index (κ1) is 25.9. The first-order chi connectivity index (χ1) is 16.9. The maximum absolute atomic E-state index is 12.6. The lowest BCUT2D eigenvalue weighted by Crippen LogP contribution is -2.17. The summed E-state index contributed by atoms with van der Waals surface area (Å²) in [7, 11) is 3.00. The number of carbonyl (C=O) groups excluding carboxylic acids is 2. The topological polar surface area (TPSA) is 95.5 Å². The van der Waals surface area contributed by atoms with E-state index in [0.29, 0.717) is 40.0 Å². The molecule has 3 aromatic carbocycles. The van der Waals surface area contributed by atoms with E-state index in [-0.39, 0.29) is 16.3 Å².